The highest BCUT2D eigenvalue weighted by Gasteiger charge is 2.25. The fraction of sp³-hybridized carbons (Fsp3) is 0.348. The molecule has 0 unspecified atom stereocenters. The average molecular weight is 476 g/mol. The molecular formula is C23H26FN3O5S. The minimum absolute atomic E-state index is 0.0289. The summed E-state index contributed by atoms with van der Waals surface area (Å²) in [6.45, 7) is 1.94. The summed E-state index contributed by atoms with van der Waals surface area (Å²) in [7, 11) is -3.87. The second kappa shape index (κ2) is 9.90. The Labute approximate surface area is 191 Å². The second-order valence-corrected chi connectivity index (χ2v) is 9.54. The number of oxazole rings is 1. The summed E-state index contributed by atoms with van der Waals surface area (Å²) < 4.78 is 54.8. The smallest absolute Gasteiger partial charge is 0.300 e. The maximum atomic E-state index is 12.7. The third-order valence-electron chi connectivity index (χ3n) is 5.50. The normalized spacial score (nSPS) is 15.3. The molecule has 33 heavy (non-hydrogen) atoms. The molecule has 0 amide bonds. The molecule has 176 valence electrons. The number of rotatable bonds is 9. The van der Waals surface area contributed by atoms with Crippen molar-refractivity contribution in [3.8, 4) is 5.75 Å². The van der Waals surface area contributed by atoms with Gasteiger partial charge in [0.05, 0.1) is 17.3 Å². The lowest BCUT2D eigenvalue weighted by molar-refractivity contribution is 0.217. The van der Waals surface area contributed by atoms with E-state index in [1.54, 1.807) is 24.3 Å². The monoisotopic (exact) mass is 475 g/mol. The zero-order valence-corrected chi connectivity index (χ0v) is 19.0. The first kappa shape index (κ1) is 23.2. The number of hydrogen-bond donors (Lipinski definition) is 2. The fourth-order valence-electron chi connectivity index (χ4n) is 3.58. The molecule has 2 aromatic carbocycles. The minimum atomic E-state index is -3.87. The summed E-state index contributed by atoms with van der Waals surface area (Å²) in [6, 6.07) is 9.99. The highest BCUT2D eigenvalue weighted by molar-refractivity contribution is 7.86. The van der Waals surface area contributed by atoms with Gasteiger partial charge in [0.2, 0.25) is 0 Å². The molecule has 0 atom stereocenters. The van der Waals surface area contributed by atoms with Gasteiger partial charge in [0, 0.05) is 23.9 Å². The van der Waals surface area contributed by atoms with E-state index in [2.05, 4.69) is 10.3 Å². The summed E-state index contributed by atoms with van der Waals surface area (Å²) in [5, 5.41) is 3.04. The molecule has 0 radical (unpaired) electrons. The number of nitrogens with two attached hydrogens (primary N) is 1. The largest absolute Gasteiger partial charge is 0.489 e. The number of hydrogen-bond acceptors (Lipinski definition) is 8. The summed E-state index contributed by atoms with van der Waals surface area (Å²) in [5.41, 5.74) is 8.15. The molecule has 1 aliphatic carbocycles. The quantitative estimate of drug-likeness (QED) is 0.427. The van der Waals surface area contributed by atoms with E-state index in [0.29, 0.717) is 34.4 Å². The molecule has 1 saturated carbocycles. The first-order chi connectivity index (χ1) is 15.9. The van der Waals surface area contributed by atoms with Crippen LogP contribution in [0, 0.1) is 6.92 Å². The number of aryl methyl sites for hydroxylation is 1. The number of nitrogens with zero attached hydrogens (tertiary/aromatic N) is 1. The molecular weight excluding hydrogens is 449 g/mol. The van der Waals surface area contributed by atoms with Gasteiger partial charge < -0.3 is 20.2 Å². The number of halogens is 1. The predicted octanol–water partition coefficient (Wildman–Crippen LogP) is 4.72. The number of ether oxygens (including phenoxy) is 1. The zero-order chi connectivity index (χ0) is 23.4. The first-order valence-electron chi connectivity index (χ1n) is 10.7. The van der Waals surface area contributed by atoms with Crippen LogP contribution in [-0.2, 0) is 14.3 Å². The van der Waals surface area contributed by atoms with Gasteiger partial charge in [0.1, 0.15) is 17.9 Å². The van der Waals surface area contributed by atoms with Crippen molar-refractivity contribution >= 4 is 32.9 Å². The fourth-order valence-corrected chi connectivity index (χ4v) is 4.74. The van der Waals surface area contributed by atoms with Gasteiger partial charge in [-0.3, -0.25) is 4.18 Å². The number of benzene rings is 2. The van der Waals surface area contributed by atoms with Crippen LogP contribution in [0.3, 0.4) is 0 Å². The Bertz CT molecular complexity index is 1270. The summed E-state index contributed by atoms with van der Waals surface area (Å²) in [6.07, 6.45) is 3.63. The van der Waals surface area contributed by atoms with Crippen molar-refractivity contribution in [1.82, 2.24) is 4.98 Å². The SMILES string of the molecule is Cc1ccc(S(=O)(=O)OC2CCCC2)cc1Nc1nc2ccc(OC/C(=C/F)CN)cc2o1. The molecule has 0 bridgehead atoms. The molecule has 3 aromatic rings. The topological polar surface area (TPSA) is 117 Å². The Hall–Kier alpha value is -2.95. The number of anilines is 2. The Balaban J connectivity index is 1.52. The van der Waals surface area contributed by atoms with E-state index in [4.69, 9.17) is 19.1 Å². The van der Waals surface area contributed by atoms with Crippen molar-refractivity contribution in [2.75, 3.05) is 18.5 Å². The molecule has 1 aliphatic rings. The van der Waals surface area contributed by atoms with Crippen LogP contribution in [0.2, 0.25) is 0 Å². The van der Waals surface area contributed by atoms with Crippen molar-refractivity contribution in [2.24, 2.45) is 5.73 Å². The standard InChI is InChI=1S/C23H26FN3O5S/c1-15-6-8-19(33(28,29)32-17-4-2-3-5-17)11-21(15)27-23-26-20-9-7-18(10-22(20)31-23)30-14-16(12-24)13-25/h6-12,17H,2-5,13-14,25H2,1H3,(H,26,27)/b16-12+. The van der Waals surface area contributed by atoms with Gasteiger partial charge >= 0.3 is 0 Å². The molecule has 10 heteroatoms. The van der Waals surface area contributed by atoms with E-state index < -0.39 is 10.1 Å². The number of nitrogens with one attached hydrogen (secondary N) is 1. The molecule has 1 heterocycles. The highest BCUT2D eigenvalue weighted by atomic mass is 32.2. The molecule has 0 saturated heterocycles. The van der Waals surface area contributed by atoms with Crippen LogP contribution in [-0.4, -0.2) is 32.7 Å². The molecule has 1 fully saturated rings. The van der Waals surface area contributed by atoms with E-state index in [-0.39, 0.29) is 30.2 Å². The zero-order valence-electron chi connectivity index (χ0n) is 18.2. The van der Waals surface area contributed by atoms with Crippen LogP contribution in [0.15, 0.2) is 57.6 Å². The van der Waals surface area contributed by atoms with E-state index in [9.17, 15) is 12.8 Å². The van der Waals surface area contributed by atoms with Gasteiger partial charge in [0.15, 0.2) is 5.58 Å². The summed E-state index contributed by atoms with van der Waals surface area (Å²) >= 11 is 0. The van der Waals surface area contributed by atoms with Crippen molar-refractivity contribution in [3.63, 3.8) is 0 Å². The van der Waals surface area contributed by atoms with Gasteiger partial charge in [-0.2, -0.15) is 13.4 Å². The maximum absolute atomic E-state index is 12.7. The van der Waals surface area contributed by atoms with Crippen molar-refractivity contribution in [2.45, 2.75) is 43.6 Å². The maximum Gasteiger partial charge on any atom is 0.300 e. The van der Waals surface area contributed by atoms with Crippen LogP contribution in [0.5, 0.6) is 5.75 Å². The second-order valence-electron chi connectivity index (χ2n) is 7.97. The number of fused-ring (bicyclic) bond motifs is 1. The third kappa shape index (κ3) is 5.52. The minimum Gasteiger partial charge on any atom is -0.489 e. The summed E-state index contributed by atoms with van der Waals surface area (Å²) in [4.78, 5) is 4.46. The predicted molar refractivity (Wildman–Crippen MR) is 123 cm³/mol. The van der Waals surface area contributed by atoms with Crippen molar-refractivity contribution in [1.29, 1.82) is 0 Å². The molecule has 0 spiro atoms. The molecule has 1 aromatic heterocycles. The van der Waals surface area contributed by atoms with E-state index in [1.165, 1.54) is 12.1 Å². The Kier molecular flexibility index (Phi) is 6.96. The van der Waals surface area contributed by atoms with Crippen LogP contribution >= 0.6 is 0 Å². The Morgan fingerprint density at radius 2 is 2.06 bits per heavy atom. The third-order valence-corrected chi connectivity index (χ3v) is 6.86. The van der Waals surface area contributed by atoms with Gasteiger partial charge in [-0.05, 0) is 49.6 Å². The van der Waals surface area contributed by atoms with Crippen LogP contribution in [0.1, 0.15) is 31.2 Å². The Morgan fingerprint density at radius 1 is 1.27 bits per heavy atom. The molecule has 8 nitrogen and oxygen atoms in total. The van der Waals surface area contributed by atoms with Crippen molar-refractivity contribution < 1.29 is 26.1 Å². The number of aromatic nitrogens is 1. The van der Waals surface area contributed by atoms with Gasteiger partial charge in [-0.25, -0.2) is 4.39 Å². The van der Waals surface area contributed by atoms with Gasteiger partial charge in [-0.15, -0.1) is 0 Å². The van der Waals surface area contributed by atoms with E-state index >= 15 is 0 Å². The highest BCUT2D eigenvalue weighted by Crippen LogP contribution is 2.30. The van der Waals surface area contributed by atoms with Gasteiger partial charge in [0.25, 0.3) is 16.1 Å². The molecule has 4 rings (SSSR count). The molecule has 0 aliphatic heterocycles. The van der Waals surface area contributed by atoms with Crippen LogP contribution in [0.25, 0.3) is 11.1 Å². The van der Waals surface area contributed by atoms with E-state index in [0.717, 1.165) is 31.2 Å². The summed E-state index contributed by atoms with van der Waals surface area (Å²) in [5.74, 6) is 0.478. The lowest BCUT2D eigenvalue weighted by Crippen LogP contribution is -2.15. The van der Waals surface area contributed by atoms with Crippen molar-refractivity contribution in [3.05, 3.63) is 53.9 Å². The first-order valence-corrected chi connectivity index (χ1v) is 12.1. The molecule has 3 N–H and O–H groups in total. The lowest BCUT2D eigenvalue weighted by atomic mass is 10.2. The Morgan fingerprint density at radius 3 is 2.79 bits per heavy atom. The van der Waals surface area contributed by atoms with Gasteiger partial charge in [-0.1, -0.05) is 18.9 Å². The van der Waals surface area contributed by atoms with E-state index in [1.807, 2.05) is 6.92 Å². The van der Waals surface area contributed by atoms with Crippen LogP contribution in [0.4, 0.5) is 16.1 Å². The van der Waals surface area contributed by atoms with Crippen LogP contribution < -0.4 is 15.8 Å². The average Bonchev–Trinajstić information content (AvgIpc) is 3.44. The lowest BCUT2D eigenvalue weighted by Gasteiger charge is -2.13.